The topological polar surface area (TPSA) is 39.2 Å². The predicted octanol–water partition coefficient (Wildman–Crippen LogP) is 1.05. The van der Waals surface area contributed by atoms with Crippen LogP contribution in [0.5, 0.6) is 0 Å². The Hall–Kier alpha value is -1.89. The Labute approximate surface area is 80.9 Å². The summed E-state index contributed by atoms with van der Waals surface area (Å²) in [7, 11) is 1.24. The van der Waals surface area contributed by atoms with Gasteiger partial charge in [-0.3, -0.25) is 0 Å². The third-order valence-corrected chi connectivity index (χ3v) is 1.56. The highest BCUT2D eigenvalue weighted by molar-refractivity contribution is 5.89. The Balaban J connectivity index is 2.96. The lowest BCUT2D eigenvalue weighted by atomic mass is 10.2. The first-order valence-electron chi connectivity index (χ1n) is 3.85. The molecule has 14 heavy (non-hydrogen) atoms. The standard InChI is InChI=1S/C10H8FNO2/c1-7-5-9(11)12-6-8(7)3-4-10(13)14-2/h5-6H,1-2H3. The maximum Gasteiger partial charge on any atom is 0.384 e. The number of aryl methyl sites for hydroxylation is 1. The minimum atomic E-state index is -0.631. The number of hydrogen-bond donors (Lipinski definition) is 0. The van der Waals surface area contributed by atoms with Crippen LogP contribution in [0.2, 0.25) is 0 Å². The molecule has 1 rings (SSSR count). The molecule has 0 fully saturated rings. The first-order valence-corrected chi connectivity index (χ1v) is 3.85. The molecular formula is C10H8FNO2. The zero-order valence-corrected chi connectivity index (χ0v) is 7.80. The molecule has 0 radical (unpaired) electrons. The minimum Gasteiger partial charge on any atom is -0.459 e. The zero-order valence-electron chi connectivity index (χ0n) is 7.80. The molecule has 4 heteroatoms. The van der Waals surface area contributed by atoms with Gasteiger partial charge in [0.15, 0.2) is 0 Å². The highest BCUT2D eigenvalue weighted by Crippen LogP contribution is 2.05. The van der Waals surface area contributed by atoms with Crippen LogP contribution in [0.3, 0.4) is 0 Å². The molecule has 0 aliphatic rings. The summed E-state index contributed by atoms with van der Waals surface area (Å²) in [6.07, 6.45) is 1.28. The first-order chi connectivity index (χ1) is 6.63. The SMILES string of the molecule is COC(=O)C#Cc1cnc(F)cc1C. The van der Waals surface area contributed by atoms with Gasteiger partial charge in [0.1, 0.15) is 0 Å². The Morgan fingerprint density at radius 1 is 1.64 bits per heavy atom. The van der Waals surface area contributed by atoms with Crippen molar-refractivity contribution in [1.29, 1.82) is 0 Å². The third-order valence-electron chi connectivity index (χ3n) is 1.56. The number of hydrogen-bond acceptors (Lipinski definition) is 3. The molecule has 0 aromatic carbocycles. The Bertz CT molecular complexity index is 418. The summed E-state index contributed by atoms with van der Waals surface area (Å²) in [5.74, 6) is 3.58. The van der Waals surface area contributed by atoms with E-state index in [1.807, 2.05) is 0 Å². The number of ether oxygens (including phenoxy) is 1. The van der Waals surface area contributed by atoms with Gasteiger partial charge in [-0.1, -0.05) is 5.92 Å². The van der Waals surface area contributed by atoms with Crippen molar-refractivity contribution in [1.82, 2.24) is 4.98 Å². The van der Waals surface area contributed by atoms with E-state index in [-0.39, 0.29) is 0 Å². The molecule has 72 valence electrons. The number of rotatable bonds is 0. The second-order valence-electron chi connectivity index (χ2n) is 2.56. The van der Waals surface area contributed by atoms with Gasteiger partial charge in [-0.2, -0.15) is 4.39 Å². The molecule has 0 bridgehead atoms. The molecule has 1 aromatic heterocycles. The number of nitrogens with zero attached hydrogens (tertiary/aromatic N) is 1. The highest BCUT2D eigenvalue weighted by atomic mass is 19.1. The van der Waals surface area contributed by atoms with E-state index < -0.39 is 11.9 Å². The molecule has 0 saturated carbocycles. The van der Waals surface area contributed by atoms with Crippen LogP contribution in [0.1, 0.15) is 11.1 Å². The molecule has 1 aromatic rings. The quantitative estimate of drug-likeness (QED) is 0.351. The van der Waals surface area contributed by atoms with Crippen LogP contribution in [0.4, 0.5) is 4.39 Å². The third kappa shape index (κ3) is 2.56. The van der Waals surface area contributed by atoms with Crippen molar-refractivity contribution in [3.05, 3.63) is 29.3 Å². The van der Waals surface area contributed by atoms with Crippen molar-refractivity contribution in [3.63, 3.8) is 0 Å². The number of carbonyl (C=O) groups is 1. The van der Waals surface area contributed by atoms with E-state index in [1.165, 1.54) is 19.4 Å². The maximum absolute atomic E-state index is 12.6. The largest absolute Gasteiger partial charge is 0.459 e. The molecule has 3 nitrogen and oxygen atoms in total. The maximum atomic E-state index is 12.6. The van der Waals surface area contributed by atoms with Crippen molar-refractivity contribution in [2.45, 2.75) is 6.92 Å². The molecule has 0 N–H and O–H groups in total. The lowest BCUT2D eigenvalue weighted by Crippen LogP contribution is -1.95. The van der Waals surface area contributed by atoms with Gasteiger partial charge < -0.3 is 4.74 Å². The fourth-order valence-electron chi connectivity index (χ4n) is 0.822. The van der Waals surface area contributed by atoms with E-state index in [0.29, 0.717) is 11.1 Å². The summed E-state index contributed by atoms with van der Waals surface area (Å²) < 4.78 is 16.9. The smallest absolute Gasteiger partial charge is 0.384 e. The van der Waals surface area contributed by atoms with E-state index >= 15 is 0 Å². The fourth-order valence-corrected chi connectivity index (χ4v) is 0.822. The van der Waals surface area contributed by atoms with Crippen molar-refractivity contribution in [3.8, 4) is 11.8 Å². The normalized spacial score (nSPS) is 8.79. The van der Waals surface area contributed by atoms with Crippen LogP contribution in [-0.2, 0) is 9.53 Å². The summed E-state index contributed by atoms with van der Waals surface area (Å²) in [5.41, 5.74) is 1.14. The summed E-state index contributed by atoms with van der Waals surface area (Å²) in [4.78, 5) is 14.1. The van der Waals surface area contributed by atoms with E-state index in [9.17, 15) is 9.18 Å². The molecule has 0 saturated heterocycles. The number of carbonyl (C=O) groups excluding carboxylic acids is 1. The van der Waals surface area contributed by atoms with Gasteiger partial charge >= 0.3 is 5.97 Å². The summed E-state index contributed by atoms with van der Waals surface area (Å²) in [5, 5.41) is 0. The van der Waals surface area contributed by atoms with Gasteiger partial charge in [-0.05, 0) is 18.6 Å². The van der Waals surface area contributed by atoms with Gasteiger partial charge in [0, 0.05) is 17.7 Å². The molecule has 0 aliphatic heterocycles. The van der Waals surface area contributed by atoms with Gasteiger partial charge in [-0.15, -0.1) is 0 Å². The van der Waals surface area contributed by atoms with E-state index in [1.54, 1.807) is 6.92 Å². The second-order valence-corrected chi connectivity index (χ2v) is 2.56. The van der Waals surface area contributed by atoms with Gasteiger partial charge in [0.25, 0.3) is 0 Å². The molecule has 0 unspecified atom stereocenters. The Kier molecular flexibility index (Phi) is 3.19. The number of aromatic nitrogens is 1. The molecular weight excluding hydrogens is 185 g/mol. The average Bonchev–Trinajstić information content (AvgIpc) is 2.16. The number of halogens is 1. The second kappa shape index (κ2) is 4.38. The van der Waals surface area contributed by atoms with Crippen molar-refractivity contribution in [2.24, 2.45) is 0 Å². The monoisotopic (exact) mass is 193 g/mol. The van der Waals surface area contributed by atoms with Crippen molar-refractivity contribution in [2.75, 3.05) is 7.11 Å². The molecule has 0 aliphatic carbocycles. The van der Waals surface area contributed by atoms with Gasteiger partial charge in [0.2, 0.25) is 5.95 Å². The summed E-state index contributed by atoms with van der Waals surface area (Å²) >= 11 is 0. The lowest BCUT2D eigenvalue weighted by molar-refractivity contribution is -0.133. The highest BCUT2D eigenvalue weighted by Gasteiger charge is 1.98. The number of pyridine rings is 1. The van der Waals surface area contributed by atoms with E-state index in [2.05, 4.69) is 21.6 Å². The molecule has 1 heterocycles. The summed E-state index contributed by atoms with van der Waals surface area (Å²) in [6, 6.07) is 1.25. The Morgan fingerprint density at radius 3 is 2.93 bits per heavy atom. The molecule has 0 spiro atoms. The van der Waals surface area contributed by atoms with Crippen LogP contribution < -0.4 is 0 Å². The Morgan fingerprint density at radius 2 is 2.36 bits per heavy atom. The van der Waals surface area contributed by atoms with Crippen LogP contribution in [0.25, 0.3) is 0 Å². The summed E-state index contributed by atoms with van der Waals surface area (Å²) in [6.45, 7) is 1.69. The molecule has 0 amide bonds. The van der Waals surface area contributed by atoms with Crippen LogP contribution in [0.15, 0.2) is 12.3 Å². The fraction of sp³-hybridized carbons (Fsp3) is 0.200. The van der Waals surface area contributed by atoms with E-state index in [0.717, 1.165) is 0 Å². The van der Waals surface area contributed by atoms with Gasteiger partial charge in [-0.25, -0.2) is 9.78 Å². The van der Waals surface area contributed by atoms with Crippen LogP contribution in [-0.4, -0.2) is 18.1 Å². The van der Waals surface area contributed by atoms with Crippen LogP contribution in [0, 0.1) is 24.7 Å². The predicted molar refractivity (Wildman–Crippen MR) is 47.8 cm³/mol. The zero-order chi connectivity index (χ0) is 10.6. The van der Waals surface area contributed by atoms with Crippen molar-refractivity contribution >= 4 is 5.97 Å². The molecule has 0 atom stereocenters. The van der Waals surface area contributed by atoms with E-state index in [4.69, 9.17) is 0 Å². The number of methoxy groups -OCH3 is 1. The minimum absolute atomic E-state index is 0.511. The number of esters is 1. The average molecular weight is 193 g/mol. The first kappa shape index (κ1) is 10.2. The lowest BCUT2D eigenvalue weighted by Gasteiger charge is -1.95. The van der Waals surface area contributed by atoms with Crippen molar-refractivity contribution < 1.29 is 13.9 Å². The van der Waals surface area contributed by atoms with Crippen LogP contribution >= 0.6 is 0 Å². The van der Waals surface area contributed by atoms with Gasteiger partial charge in [0.05, 0.1) is 7.11 Å².